The summed E-state index contributed by atoms with van der Waals surface area (Å²) in [6.45, 7) is 0.878. The molecule has 1 aromatic heterocycles. The Hall–Kier alpha value is -2.26. The van der Waals surface area contributed by atoms with Gasteiger partial charge in [0.2, 0.25) is 10.0 Å². The molecule has 0 saturated heterocycles. The SMILES string of the molecule is COc1ccc(-c2csc(CCNS(=O)(=O)CCOCc3ccccc3)n2)cc1. The molecule has 1 heterocycles. The smallest absolute Gasteiger partial charge is 0.213 e. The summed E-state index contributed by atoms with van der Waals surface area (Å²) in [5.74, 6) is 0.737. The number of methoxy groups -OCH3 is 1. The first-order valence-electron chi connectivity index (χ1n) is 9.23. The van der Waals surface area contributed by atoms with Crippen molar-refractivity contribution in [3.8, 4) is 17.0 Å². The maximum Gasteiger partial charge on any atom is 0.213 e. The predicted octanol–water partition coefficient (Wildman–Crippen LogP) is 3.50. The van der Waals surface area contributed by atoms with Crippen LogP contribution in [0.5, 0.6) is 5.75 Å². The van der Waals surface area contributed by atoms with Crippen LogP contribution in [0.15, 0.2) is 60.0 Å². The molecule has 0 fully saturated rings. The lowest BCUT2D eigenvalue weighted by Gasteiger charge is -2.07. The molecule has 0 bridgehead atoms. The van der Waals surface area contributed by atoms with Gasteiger partial charge in [-0.15, -0.1) is 11.3 Å². The van der Waals surface area contributed by atoms with Gasteiger partial charge < -0.3 is 9.47 Å². The Kier molecular flexibility index (Phi) is 7.76. The van der Waals surface area contributed by atoms with E-state index in [9.17, 15) is 8.42 Å². The Balaban J connectivity index is 1.40. The molecular formula is C21H24N2O4S2. The maximum atomic E-state index is 12.1. The number of aromatic nitrogens is 1. The van der Waals surface area contributed by atoms with Crippen LogP contribution in [0.2, 0.25) is 0 Å². The van der Waals surface area contributed by atoms with Crippen LogP contribution in [0.25, 0.3) is 11.3 Å². The lowest BCUT2D eigenvalue weighted by Crippen LogP contribution is -2.30. The molecule has 0 aliphatic heterocycles. The van der Waals surface area contributed by atoms with Gasteiger partial charge in [-0.1, -0.05) is 30.3 Å². The molecule has 8 heteroatoms. The number of benzene rings is 2. The first kappa shape index (κ1) is 21.4. The molecule has 6 nitrogen and oxygen atoms in total. The van der Waals surface area contributed by atoms with E-state index in [4.69, 9.17) is 9.47 Å². The molecule has 29 heavy (non-hydrogen) atoms. The summed E-state index contributed by atoms with van der Waals surface area (Å²) in [5.41, 5.74) is 2.91. The highest BCUT2D eigenvalue weighted by molar-refractivity contribution is 7.89. The maximum absolute atomic E-state index is 12.1. The molecule has 2 aromatic carbocycles. The Labute approximate surface area is 175 Å². The molecule has 0 amide bonds. The summed E-state index contributed by atoms with van der Waals surface area (Å²) < 4.78 is 37.4. The van der Waals surface area contributed by atoms with Crippen LogP contribution in [-0.2, 0) is 27.8 Å². The van der Waals surface area contributed by atoms with Crippen molar-refractivity contribution in [2.24, 2.45) is 0 Å². The van der Waals surface area contributed by atoms with Gasteiger partial charge in [0.25, 0.3) is 0 Å². The van der Waals surface area contributed by atoms with Crippen LogP contribution in [0.1, 0.15) is 10.6 Å². The molecule has 3 aromatic rings. The summed E-state index contributed by atoms with van der Waals surface area (Å²) in [7, 11) is -1.74. The molecule has 0 atom stereocenters. The number of thiazole rings is 1. The largest absolute Gasteiger partial charge is 0.497 e. The van der Waals surface area contributed by atoms with Crippen LogP contribution in [0, 0.1) is 0 Å². The first-order chi connectivity index (χ1) is 14.1. The number of nitrogens with zero attached hydrogens (tertiary/aromatic N) is 1. The van der Waals surface area contributed by atoms with Gasteiger partial charge in [-0.3, -0.25) is 0 Å². The van der Waals surface area contributed by atoms with Crippen LogP contribution >= 0.6 is 11.3 Å². The molecular weight excluding hydrogens is 408 g/mol. The quantitative estimate of drug-likeness (QED) is 0.469. The van der Waals surface area contributed by atoms with Gasteiger partial charge in [0.15, 0.2) is 0 Å². The van der Waals surface area contributed by atoms with E-state index >= 15 is 0 Å². The van der Waals surface area contributed by atoms with E-state index in [0.717, 1.165) is 27.6 Å². The van der Waals surface area contributed by atoms with E-state index in [0.29, 0.717) is 19.6 Å². The van der Waals surface area contributed by atoms with Crippen LogP contribution in [0.4, 0.5) is 0 Å². The summed E-state index contributed by atoms with van der Waals surface area (Å²) in [6.07, 6.45) is 0.547. The Morgan fingerprint density at radius 3 is 2.55 bits per heavy atom. The van der Waals surface area contributed by atoms with Gasteiger partial charge in [0, 0.05) is 23.9 Å². The third kappa shape index (κ3) is 6.93. The standard InChI is InChI=1S/C21H24N2O4S2/c1-26-19-9-7-18(8-10-19)20-16-28-21(23-20)11-12-22-29(24,25)14-13-27-15-17-5-3-2-4-6-17/h2-10,16,22H,11-15H2,1H3. The lowest BCUT2D eigenvalue weighted by molar-refractivity contribution is 0.135. The van der Waals surface area contributed by atoms with Crippen LogP contribution in [0.3, 0.4) is 0 Å². The molecule has 154 valence electrons. The molecule has 0 unspecified atom stereocenters. The Morgan fingerprint density at radius 2 is 1.83 bits per heavy atom. The molecule has 0 saturated carbocycles. The van der Waals surface area contributed by atoms with E-state index in [1.165, 1.54) is 11.3 Å². The van der Waals surface area contributed by atoms with Gasteiger partial charge in [-0.2, -0.15) is 0 Å². The van der Waals surface area contributed by atoms with E-state index in [-0.39, 0.29) is 12.4 Å². The zero-order valence-corrected chi connectivity index (χ0v) is 17.8. The minimum atomic E-state index is -3.37. The second-order valence-electron chi connectivity index (χ2n) is 6.36. The number of rotatable bonds is 11. The van der Waals surface area contributed by atoms with Gasteiger partial charge in [-0.05, 0) is 29.8 Å². The second-order valence-corrected chi connectivity index (χ2v) is 9.23. The Bertz CT molecular complexity index is 987. The average Bonchev–Trinajstić information content (AvgIpc) is 3.21. The van der Waals surface area contributed by atoms with E-state index < -0.39 is 10.0 Å². The van der Waals surface area contributed by atoms with Gasteiger partial charge in [0.05, 0.1) is 36.8 Å². The minimum Gasteiger partial charge on any atom is -0.497 e. The van der Waals surface area contributed by atoms with Crippen molar-refractivity contribution in [2.75, 3.05) is 26.0 Å². The third-order valence-corrected chi connectivity index (χ3v) is 6.46. The fourth-order valence-electron chi connectivity index (χ4n) is 2.64. The van der Waals surface area contributed by atoms with Crippen LogP contribution < -0.4 is 9.46 Å². The van der Waals surface area contributed by atoms with Crippen molar-refractivity contribution in [3.05, 3.63) is 70.5 Å². The number of nitrogens with one attached hydrogen (secondary N) is 1. The predicted molar refractivity (Wildman–Crippen MR) is 116 cm³/mol. The fourth-order valence-corrected chi connectivity index (χ4v) is 4.34. The topological polar surface area (TPSA) is 77.5 Å². The monoisotopic (exact) mass is 432 g/mol. The fraction of sp³-hybridized carbons (Fsp3) is 0.286. The van der Waals surface area contributed by atoms with E-state index in [2.05, 4.69) is 9.71 Å². The first-order valence-corrected chi connectivity index (χ1v) is 11.8. The van der Waals surface area contributed by atoms with E-state index in [1.54, 1.807) is 7.11 Å². The van der Waals surface area contributed by atoms with Crippen molar-refractivity contribution >= 4 is 21.4 Å². The summed E-state index contributed by atoms with van der Waals surface area (Å²) >= 11 is 1.52. The zero-order valence-electron chi connectivity index (χ0n) is 16.2. The normalized spacial score (nSPS) is 11.5. The molecule has 0 aliphatic carbocycles. The van der Waals surface area contributed by atoms with Crippen LogP contribution in [-0.4, -0.2) is 39.4 Å². The average molecular weight is 433 g/mol. The molecule has 3 rings (SSSR count). The summed E-state index contributed by atoms with van der Waals surface area (Å²) in [5, 5.41) is 2.86. The van der Waals surface area contributed by atoms with E-state index in [1.807, 2.05) is 60.0 Å². The second kappa shape index (κ2) is 10.5. The number of sulfonamides is 1. The molecule has 0 aliphatic rings. The lowest BCUT2D eigenvalue weighted by atomic mass is 10.2. The third-order valence-electron chi connectivity index (χ3n) is 4.21. The van der Waals surface area contributed by atoms with Crippen molar-refractivity contribution in [2.45, 2.75) is 13.0 Å². The highest BCUT2D eigenvalue weighted by Crippen LogP contribution is 2.24. The Morgan fingerprint density at radius 1 is 1.07 bits per heavy atom. The summed E-state index contributed by atoms with van der Waals surface area (Å²) in [6, 6.07) is 17.4. The summed E-state index contributed by atoms with van der Waals surface area (Å²) in [4.78, 5) is 4.58. The highest BCUT2D eigenvalue weighted by atomic mass is 32.2. The minimum absolute atomic E-state index is 0.0607. The number of hydrogen-bond acceptors (Lipinski definition) is 6. The van der Waals surface area contributed by atoms with Gasteiger partial charge >= 0.3 is 0 Å². The van der Waals surface area contributed by atoms with Crippen molar-refractivity contribution < 1.29 is 17.9 Å². The molecule has 0 spiro atoms. The van der Waals surface area contributed by atoms with Gasteiger partial charge in [0.1, 0.15) is 5.75 Å². The number of hydrogen-bond donors (Lipinski definition) is 1. The molecule has 0 radical (unpaired) electrons. The number of ether oxygens (including phenoxy) is 2. The highest BCUT2D eigenvalue weighted by Gasteiger charge is 2.11. The molecule has 1 N–H and O–H groups in total. The van der Waals surface area contributed by atoms with Crippen molar-refractivity contribution in [3.63, 3.8) is 0 Å². The van der Waals surface area contributed by atoms with Gasteiger partial charge in [-0.25, -0.2) is 18.1 Å². The zero-order chi connectivity index (χ0) is 20.5. The van der Waals surface area contributed by atoms with Crippen molar-refractivity contribution in [1.82, 2.24) is 9.71 Å². The van der Waals surface area contributed by atoms with Crippen molar-refractivity contribution in [1.29, 1.82) is 0 Å².